The van der Waals surface area contributed by atoms with Crippen molar-refractivity contribution in [3.05, 3.63) is 33.8 Å². The normalized spacial score (nSPS) is 13.5. The Balaban J connectivity index is 3.04. The monoisotopic (exact) mass is 234 g/mol. The van der Waals surface area contributed by atoms with E-state index < -0.39 is 5.82 Å². The fourth-order valence-electron chi connectivity index (χ4n) is 0.832. The molecule has 1 rings (SSSR count). The maximum absolute atomic E-state index is 13.0. The number of pyridine rings is 1. The zero-order chi connectivity index (χ0) is 10.7. The Labute approximate surface area is 91.5 Å². The van der Waals surface area contributed by atoms with Crippen LogP contribution in [-0.4, -0.2) is 11.0 Å². The molecule has 1 aromatic rings. The van der Waals surface area contributed by atoms with Crippen LogP contribution >= 0.6 is 23.2 Å². The van der Waals surface area contributed by atoms with Gasteiger partial charge in [-0.3, -0.25) is 0 Å². The molecule has 0 aliphatic carbocycles. The van der Waals surface area contributed by atoms with E-state index in [1.54, 1.807) is 19.1 Å². The molecule has 0 aliphatic rings. The maximum Gasteiger partial charge on any atom is 0.166 e. The smallest absolute Gasteiger partial charge is 0.166 e. The van der Waals surface area contributed by atoms with Crippen molar-refractivity contribution < 1.29 is 4.39 Å². The van der Waals surface area contributed by atoms with Gasteiger partial charge in [-0.25, -0.2) is 9.37 Å². The molecule has 5 heteroatoms. The van der Waals surface area contributed by atoms with Gasteiger partial charge in [0.25, 0.3) is 0 Å². The van der Waals surface area contributed by atoms with Gasteiger partial charge in [0.1, 0.15) is 5.15 Å². The summed E-state index contributed by atoms with van der Waals surface area (Å²) in [5.41, 5.74) is 5.95. The molecule has 76 valence electrons. The van der Waals surface area contributed by atoms with E-state index in [0.29, 0.717) is 5.56 Å². The minimum atomic E-state index is -0.597. The fourth-order valence-corrected chi connectivity index (χ4v) is 1.22. The van der Waals surface area contributed by atoms with Crippen LogP contribution in [0.1, 0.15) is 12.5 Å². The van der Waals surface area contributed by atoms with Gasteiger partial charge in [0.2, 0.25) is 0 Å². The highest BCUT2D eigenvalue weighted by Crippen LogP contribution is 2.21. The second-order valence-electron chi connectivity index (χ2n) is 2.86. The van der Waals surface area contributed by atoms with Crippen LogP contribution in [0, 0.1) is 5.82 Å². The van der Waals surface area contributed by atoms with Crippen LogP contribution in [-0.2, 0) is 0 Å². The Morgan fingerprint density at radius 1 is 1.50 bits per heavy atom. The SMILES string of the molecule is CC(N)/C=C/c1cc(F)c(Cl)nc1Cl. The van der Waals surface area contributed by atoms with Gasteiger partial charge in [0, 0.05) is 11.6 Å². The van der Waals surface area contributed by atoms with Crippen molar-refractivity contribution in [2.24, 2.45) is 5.73 Å². The third-order valence-corrected chi connectivity index (χ3v) is 2.06. The van der Waals surface area contributed by atoms with Gasteiger partial charge in [-0.2, -0.15) is 0 Å². The number of hydrogen-bond donors (Lipinski definition) is 1. The molecule has 0 fully saturated rings. The molecule has 0 aliphatic heterocycles. The molecule has 1 unspecified atom stereocenters. The maximum atomic E-state index is 13.0. The van der Waals surface area contributed by atoms with Crippen molar-refractivity contribution >= 4 is 29.3 Å². The van der Waals surface area contributed by atoms with E-state index in [4.69, 9.17) is 28.9 Å². The van der Waals surface area contributed by atoms with E-state index in [9.17, 15) is 4.39 Å². The molecule has 0 bridgehead atoms. The molecule has 0 saturated carbocycles. The van der Waals surface area contributed by atoms with Gasteiger partial charge >= 0.3 is 0 Å². The number of nitrogens with two attached hydrogens (primary N) is 1. The Morgan fingerprint density at radius 3 is 2.71 bits per heavy atom. The molecular weight excluding hydrogens is 226 g/mol. The lowest BCUT2D eigenvalue weighted by Gasteiger charge is -2.00. The van der Waals surface area contributed by atoms with Crippen LogP contribution in [0.15, 0.2) is 12.1 Å². The van der Waals surface area contributed by atoms with Crippen LogP contribution in [0.2, 0.25) is 10.3 Å². The Kier molecular flexibility index (Phi) is 3.86. The predicted octanol–water partition coefficient (Wildman–Crippen LogP) is 2.89. The lowest BCUT2D eigenvalue weighted by atomic mass is 10.2. The zero-order valence-electron chi connectivity index (χ0n) is 7.47. The average Bonchev–Trinajstić information content (AvgIpc) is 2.09. The van der Waals surface area contributed by atoms with Gasteiger partial charge < -0.3 is 5.73 Å². The van der Waals surface area contributed by atoms with Gasteiger partial charge in [-0.1, -0.05) is 35.4 Å². The highest BCUT2D eigenvalue weighted by molar-refractivity contribution is 6.33. The quantitative estimate of drug-likeness (QED) is 0.800. The average molecular weight is 235 g/mol. The van der Waals surface area contributed by atoms with Gasteiger partial charge in [-0.05, 0) is 13.0 Å². The van der Waals surface area contributed by atoms with Crippen molar-refractivity contribution in [2.45, 2.75) is 13.0 Å². The largest absolute Gasteiger partial charge is 0.325 e. The molecule has 2 nitrogen and oxygen atoms in total. The molecule has 1 aromatic heterocycles. The summed E-state index contributed by atoms with van der Waals surface area (Å²) in [6, 6.07) is 1.10. The molecule has 2 N–H and O–H groups in total. The standard InChI is InChI=1S/C9H9Cl2FN2/c1-5(13)2-3-6-4-7(12)9(11)14-8(6)10/h2-5H,13H2,1H3/b3-2+. The molecule has 0 radical (unpaired) electrons. The second-order valence-corrected chi connectivity index (χ2v) is 3.58. The van der Waals surface area contributed by atoms with Gasteiger partial charge in [0.05, 0.1) is 0 Å². The van der Waals surface area contributed by atoms with E-state index >= 15 is 0 Å². The van der Waals surface area contributed by atoms with Crippen molar-refractivity contribution in [1.82, 2.24) is 4.98 Å². The summed E-state index contributed by atoms with van der Waals surface area (Å²) in [6.07, 6.45) is 3.30. The summed E-state index contributed by atoms with van der Waals surface area (Å²) in [5.74, 6) is -0.597. The van der Waals surface area contributed by atoms with Crippen molar-refractivity contribution in [1.29, 1.82) is 0 Å². The molecule has 0 aromatic carbocycles. The highest BCUT2D eigenvalue weighted by Gasteiger charge is 2.06. The number of halogens is 3. The van der Waals surface area contributed by atoms with E-state index in [2.05, 4.69) is 4.98 Å². The van der Waals surface area contributed by atoms with Crippen LogP contribution < -0.4 is 5.73 Å². The first-order chi connectivity index (χ1) is 6.50. The molecular formula is C9H9Cl2FN2. The summed E-state index contributed by atoms with van der Waals surface area (Å²) in [6.45, 7) is 1.80. The minimum Gasteiger partial charge on any atom is -0.325 e. The van der Waals surface area contributed by atoms with E-state index in [0.717, 1.165) is 0 Å². The molecule has 0 spiro atoms. The Hall–Kier alpha value is -0.640. The van der Waals surface area contributed by atoms with E-state index in [1.165, 1.54) is 6.07 Å². The summed E-state index contributed by atoms with van der Waals surface area (Å²) < 4.78 is 13.0. The summed E-state index contributed by atoms with van der Waals surface area (Å²) in [7, 11) is 0. The summed E-state index contributed by atoms with van der Waals surface area (Å²) >= 11 is 11.2. The van der Waals surface area contributed by atoms with Crippen molar-refractivity contribution in [2.75, 3.05) is 0 Å². The number of nitrogens with zero attached hydrogens (tertiary/aromatic N) is 1. The van der Waals surface area contributed by atoms with Gasteiger partial charge in [0.15, 0.2) is 11.0 Å². The molecule has 1 atom stereocenters. The first-order valence-corrected chi connectivity index (χ1v) is 4.71. The third kappa shape index (κ3) is 2.94. The number of rotatable bonds is 2. The fraction of sp³-hybridized carbons (Fsp3) is 0.222. The first kappa shape index (κ1) is 11.4. The number of hydrogen-bond acceptors (Lipinski definition) is 2. The van der Waals surface area contributed by atoms with Crippen LogP contribution in [0.3, 0.4) is 0 Å². The molecule has 0 amide bonds. The second kappa shape index (κ2) is 4.73. The summed E-state index contributed by atoms with van der Waals surface area (Å²) in [4.78, 5) is 3.61. The van der Waals surface area contributed by atoms with Gasteiger partial charge in [-0.15, -0.1) is 0 Å². The van der Waals surface area contributed by atoms with E-state index in [-0.39, 0.29) is 16.3 Å². The Bertz CT molecular complexity index is 364. The predicted molar refractivity (Wildman–Crippen MR) is 56.9 cm³/mol. The highest BCUT2D eigenvalue weighted by atomic mass is 35.5. The van der Waals surface area contributed by atoms with Crippen molar-refractivity contribution in [3.63, 3.8) is 0 Å². The molecule has 1 heterocycles. The lowest BCUT2D eigenvalue weighted by molar-refractivity contribution is 0.621. The minimum absolute atomic E-state index is 0.121. The van der Waals surface area contributed by atoms with Crippen molar-refractivity contribution in [3.8, 4) is 0 Å². The lowest BCUT2D eigenvalue weighted by Crippen LogP contribution is -2.09. The molecule has 14 heavy (non-hydrogen) atoms. The van der Waals surface area contributed by atoms with Crippen LogP contribution in [0.5, 0.6) is 0 Å². The van der Waals surface area contributed by atoms with Crippen LogP contribution in [0.4, 0.5) is 4.39 Å². The third-order valence-electron chi connectivity index (χ3n) is 1.49. The van der Waals surface area contributed by atoms with E-state index in [1.807, 2.05) is 0 Å². The van der Waals surface area contributed by atoms with Crippen LogP contribution in [0.25, 0.3) is 6.08 Å². The summed E-state index contributed by atoms with van der Waals surface area (Å²) in [5, 5.41) is -0.0683. The topological polar surface area (TPSA) is 38.9 Å². The Morgan fingerprint density at radius 2 is 2.14 bits per heavy atom. The molecule has 0 saturated heterocycles. The zero-order valence-corrected chi connectivity index (χ0v) is 8.98. The first-order valence-electron chi connectivity index (χ1n) is 3.96. The number of aromatic nitrogens is 1.